The second kappa shape index (κ2) is 4.79. The molecule has 0 aliphatic carbocycles. The Morgan fingerprint density at radius 1 is 1.40 bits per heavy atom. The summed E-state index contributed by atoms with van der Waals surface area (Å²) in [6.45, 7) is 1.70. The summed E-state index contributed by atoms with van der Waals surface area (Å²) in [5, 5.41) is 0. The molecule has 1 aromatic carbocycles. The van der Waals surface area contributed by atoms with Crippen molar-refractivity contribution in [3.63, 3.8) is 0 Å². The molecule has 0 saturated carbocycles. The lowest BCUT2D eigenvalue weighted by Crippen LogP contribution is -2.08. The number of esters is 1. The average Bonchev–Trinajstić information content (AvgIpc) is 2.19. The number of hydrogen-bond donors (Lipinski definition) is 2. The molecule has 0 radical (unpaired) electrons. The van der Waals surface area contributed by atoms with Crippen molar-refractivity contribution in [2.75, 3.05) is 11.8 Å². The summed E-state index contributed by atoms with van der Waals surface area (Å²) >= 11 is 0. The van der Waals surface area contributed by atoms with Crippen LogP contribution >= 0.6 is 0 Å². The zero-order valence-corrected chi connectivity index (χ0v) is 9.21. The zero-order valence-electron chi connectivity index (χ0n) is 8.31. The molecule has 5 nitrogen and oxygen atoms in total. The van der Waals surface area contributed by atoms with Gasteiger partial charge in [0.2, 0.25) is 10.9 Å². The highest BCUT2D eigenvalue weighted by Crippen LogP contribution is 2.21. The first-order valence-electron chi connectivity index (χ1n) is 4.15. The molecule has 0 fully saturated rings. The summed E-state index contributed by atoms with van der Waals surface area (Å²) in [5.41, 5.74) is 1.13. The molecule has 1 aromatic rings. The van der Waals surface area contributed by atoms with E-state index >= 15 is 0 Å². The minimum atomic E-state index is -2.80. The number of rotatable bonds is 3. The number of hydrogen-bond acceptors (Lipinski definition) is 4. The van der Waals surface area contributed by atoms with E-state index in [1.54, 1.807) is 19.1 Å². The van der Waals surface area contributed by atoms with Crippen molar-refractivity contribution < 1.29 is 17.9 Å². The second-order valence-corrected chi connectivity index (χ2v) is 3.60. The lowest BCUT2D eigenvalue weighted by atomic mass is 10.1. The fourth-order valence-electron chi connectivity index (χ4n) is 1.19. The van der Waals surface area contributed by atoms with E-state index in [-0.39, 0.29) is 11.3 Å². The number of benzene rings is 1. The Morgan fingerprint density at radius 2 is 2.07 bits per heavy atom. The molecule has 0 aliphatic rings. The van der Waals surface area contributed by atoms with E-state index in [4.69, 9.17) is 0 Å². The van der Waals surface area contributed by atoms with Gasteiger partial charge in [0.15, 0.2) is 0 Å². The summed E-state index contributed by atoms with van der Waals surface area (Å²) in [6.07, 6.45) is 0. The Morgan fingerprint density at radius 3 is 2.60 bits per heavy atom. The van der Waals surface area contributed by atoms with E-state index < -0.39 is 16.9 Å². The maximum Gasteiger partial charge on any atom is 0.340 e. The Kier molecular flexibility index (Phi) is 3.68. The Hall–Kier alpha value is -1.56. The summed E-state index contributed by atoms with van der Waals surface area (Å²) in [6, 6.07) is 4.86. The van der Waals surface area contributed by atoms with Crippen LogP contribution in [0.4, 0.5) is 5.69 Å². The molecule has 0 atom stereocenters. The fraction of sp³-hybridized carbons (Fsp3) is 0.222. The first-order chi connectivity index (χ1) is 7.06. The zero-order chi connectivity index (χ0) is 11.4. The molecule has 0 saturated heterocycles. The van der Waals surface area contributed by atoms with Crippen molar-refractivity contribution >= 4 is 22.5 Å². The van der Waals surface area contributed by atoms with E-state index in [2.05, 4.69) is 9.46 Å². The fourth-order valence-corrected chi connectivity index (χ4v) is 1.67. The van der Waals surface area contributed by atoms with Gasteiger partial charge in [-0.2, -0.15) is 0 Å². The summed E-state index contributed by atoms with van der Waals surface area (Å²) in [5.74, 6) is -0.571. The molecular formula is C9H11NO4S. The van der Waals surface area contributed by atoms with Crippen molar-refractivity contribution in [1.29, 1.82) is 0 Å². The van der Waals surface area contributed by atoms with Crippen molar-refractivity contribution in [1.82, 2.24) is 0 Å². The van der Waals surface area contributed by atoms with E-state index in [9.17, 15) is 13.2 Å². The van der Waals surface area contributed by atoms with Gasteiger partial charge < -0.3 is 4.74 Å². The monoisotopic (exact) mass is 229 g/mol. The predicted octanol–water partition coefficient (Wildman–Crippen LogP) is 0.720. The Labute approximate surface area is 89.1 Å². The normalized spacial score (nSPS) is 10.1. The van der Waals surface area contributed by atoms with Gasteiger partial charge in [-0.1, -0.05) is 12.1 Å². The van der Waals surface area contributed by atoms with Gasteiger partial charge in [0.1, 0.15) is 0 Å². The molecule has 15 heavy (non-hydrogen) atoms. The number of carbonyl (C=O) groups is 1. The minimum Gasteiger partial charge on any atom is -0.465 e. The SMILES string of the molecule is COC(=O)c1cccc(C)c1N[SH](=O)=O. The van der Waals surface area contributed by atoms with Crippen LogP contribution < -0.4 is 4.72 Å². The van der Waals surface area contributed by atoms with Crippen LogP contribution in [-0.4, -0.2) is 21.5 Å². The third-order valence-corrected chi connectivity index (χ3v) is 2.29. The Balaban J connectivity index is 3.25. The molecule has 1 rings (SSSR count). The van der Waals surface area contributed by atoms with Gasteiger partial charge >= 0.3 is 5.97 Å². The third kappa shape index (κ3) is 2.69. The summed E-state index contributed by atoms with van der Waals surface area (Å²) < 4.78 is 27.9. The van der Waals surface area contributed by atoms with E-state index in [0.717, 1.165) is 0 Å². The van der Waals surface area contributed by atoms with Gasteiger partial charge in [-0.15, -0.1) is 0 Å². The highest BCUT2D eigenvalue weighted by Gasteiger charge is 2.13. The van der Waals surface area contributed by atoms with E-state index in [1.807, 2.05) is 0 Å². The molecule has 0 amide bonds. The van der Waals surface area contributed by atoms with Crippen molar-refractivity contribution in [3.05, 3.63) is 29.3 Å². The van der Waals surface area contributed by atoms with E-state index in [0.29, 0.717) is 5.56 Å². The molecule has 6 heteroatoms. The molecular weight excluding hydrogens is 218 g/mol. The van der Waals surface area contributed by atoms with Crippen molar-refractivity contribution in [2.24, 2.45) is 0 Å². The third-order valence-electron chi connectivity index (χ3n) is 1.88. The van der Waals surface area contributed by atoms with Crippen LogP contribution in [0.15, 0.2) is 18.2 Å². The van der Waals surface area contributed by atoms with Gasteiger partial charge in [0, 0.05) is 0 Å². The van der Waals surface area contributed by atoms with Crippen LogP contribution in [-0.2, 0) is 15.6 Å². The maximum absolute atomic E-state index is 11.3. The molecule has 0 aliphatic heterocycles. The van der Waals surface area contributed by atoms with Crippen LogP contribution in [0.3, 0.4) is 0 Å². The number of methoxy groups -OCH3 is 1. The lowest BCUT2D eigenvalue weighted by molar-refractivity contribution is 0.0602. The first kappa shape index (κ1) is 11.5. The van der Waals surface area contributed by atoms with E-state index in [1.165, 1.54) is 13.2 Å². The first-order valence-corrected chi connectivity index (χ1v) is 5.33. The molecule has 0 bridgehead atoms. The Bertz CT molecular complexity index is 445. The largest absolute Gasteiger partial charge is 0.465 e. The molecule has 0 spiro atoms. The second-order valence-electron chi connectivity index (χ2n) is 2.86. The van der Waals surface area contributed by atoms with Crippen molar-refractivity contribution in [3.8, 4) is 0 Å². The predicted molar refractivity (Wildman–Crippen MR) is 56.5 cm³/mol. The van der Waals surface area contributed by atoms with Crippen LogP contribution in [0, 0.1) is 6.92 Å². The highest BCUT2D eigenvalue weighted by atomic mass is 32.2. The van der Waals surface area contributed by atoms with Gasteiger partial charge in [-0.05, 0) is 18.6 Å². The number of nitrogens with one attached hydrogen (secondary N) is 1. The standard InChI is InChI=1S/C9H11NO4S/c1-6-4-3-5-7(9(11)14-2)8(6)10-15(12)13/h3-5,15H,1-2H3,(H,10,12,13). The van der Waals surface area contributed by atoms with Crippen molar-refractivity contribution in [2.45, 2.75) is 6.92 Å². The van der Waals surface area contributed by atoms with Gasteiger partial charge in [-0.25, -0.2) is 13.2 Å². The van der Waals surface area contributed by atoms with Gasteiger partial charge in [0.25, 0.3) is 0 Å². The maximum atomic E-state index is 11.3. The smallest absolute Gasteiger partial charge is 0.340 e. The van der Waals surface area contributed by atoms with Gasteiger partial charge in [-0.3, -0.25) is 4.72 Å². The quantitative estimate of drug-likeness (QED) is 0.591. The lowest BCUT2D eigenvalue weighted by Gasteiger charge is -2.08. The molecule has 0 unspecified atom stereocenters. The number of anilines is 1. The summed E-state index contributed by atoms with van der Waals surface area (Å²) in [4.78, 5) is 11.3. The van der Waals surface area contributed by atoms with Gasteiger partial charge in [0.05, 0.1) is 18.4 Å². The molecule has 0 heterocycles. The molecule has 1 N–H and O–H groups in total. The minimum absolute atomic E-state index is 0.205. The van der Waals surface area contributed by atoms with Crippen LogP contribution in [0.25, 0.3) is 0 Å². The molecule has 0 aromatic heterocycles. The number of ether oxygens (including phenoxy) is 1. The number of thiol groups is 1. The number of para-hydroxylation sites is 1. The van der Waals surface area contributed by atoms with Crippen LogP contribution in [0.1, 0.15) is 15.9 Å². The summed E-state index contributed by atoms with van der Waals surface area (Å²) in [7, 11) is -1.55. The number of aryl methyl sites for hydroxylation is 1. The topological polar surface area (TPSA) is 72.5 Å². The van der Waals surface area contributed by atoms with Crippen LogP contribution in [0.2, 0.25) is 0 Å². The number of carbonyl (C=O) groups excluding carboxylic acids is 1. The highest BCUT2D eigenvalue weighted by molar-refractivity contribution is 7.73. The van der Waals surface area contributed by atoms with Crippen LogP contribution in [0.5, 0.6) is 0 Å². The average molecular weight is 229 g/mol. The molecule has 82 valence electrons.